The number of sulfonamides is 1. The van der Waals surface area contributed by atoms with E-state index in [0.717, 1.165) is 26.3 Å². The molecular formula is C23H22BrClN2O3S. The zero-order valence-corrected chi connectivity index (χ0v) is 20.0. The summed E-state index contributed by atoms with van der Waals surface area (Å²) >= 11 is 9.26. The van der Waals surface area contributed by atoms with E-state index in [1.54, 1.807) is 36.4 Å². The van der Waals surface area contributed by atoms with Crippen LogP contribution in [0, 0.1) is 0 Å². The Bertz CT molecular complexity index is 1130. The molecule has 0 saturated heterocycles. The van der Waals surface area contributed by atoms with Crippen LogP contribution in [0.2, 0.25) is 5.02 Å². The average Bonchev–Trinajstić information content (AvgIpc) is 2.75. The van der Waals surface area contributed by atoms with E-state index >= 15 is 0 Å². The van der Waals surface area contributed by atoms with E-state index in [9.17, 15) is 13.2 Å². The first-order valence-corrected chi connectivity index (χ1v) is 12.3. The standard InChI is InChI=1S/C23H22BrClN2O3S/c1-2-17-5-11-21(12-6-17)26-23(28)16-27(15-18-3-9-20(25)10-4-18)31(29,30)22-13-7-19(24)8-14-22/h3-14H,2,15-16H2,1H3,(H,26,28). The van der Waals surface area contributed by atoms with Crippen LogP contribution in [0.5, 0.6) is 0 Å². The SMILES string of the molecule is CCc1ccc(NC(=O)CN(Cc2ccc(Cl)cc2)S(=O)(=O)c2ccc(Br)cc2)cc1. The minimum Gasteiger partial charge on any atom is -0.325 e. The first-order chi connectivity index (χ1) is 14.8. The van der Waals surface area contributed by atoms with Crippen LogP contribution < -0.4 is 5.32 Å². The predicted molar refractivity (Wildman–Crippen MR) is 128 cm³/mol. The van der Waals surface area contributed by atoms with Crippen molar-refractivity contribution in [1.82, 2.24) is 4.31 Å². The number of nitrogens with zero attached hydrogens (tertiary/aromatic N) is 1. The molecule has 8 heteroatoms. The molecule has 0 radical (unpaired) electrons. The smallest absolute Gasteiger partial charge is 0.243 e. The molecule has 162 valence electrons. The molecular weight excluding hydrogens is 500 g/mol. The maximum atomic E-state index is 13.3. The summed E-state index contributed by atoms with van der Waals surface area (Å²) in [6.07, 6.45) is 0.897. The second-order valence-electron chi connectivity index (χ2n) is 6.95. The molecule has 3 rings (SSSR count). The molecule has 0 spiro atoms. The Morgan fingerprint density at radius 3 is 2.10 bits per heavy atom. The van der Waals surface area contributed by atoms with Crippen molar-refractivity contribution in [2.45, 2.75) is 24.8 Å². The van der Waals surface area contributed by atoms with Gasteiger partial charge in [0.2, 0.25) is 15.9 Å². The first-order valence-electron chi connectivity index (χ1n) is 9.67. The van der Waals surface area contributed by atoms with E-state index in [1.165, 1.54) is 12.1 Å². The Morgan fingerprint density at radius 1 is 0.935 bits per heavy atom. The van der Waals surface area contributed by atoms with Crippen molar-refractivity contribution >= 4 is 49.1 Å². The van der Waals surface area contributed by atoms with Crippen molar-refractivity contribution in [2.75, 3.05) is 11.9 Å². The van der Waals surface area contributed by atoms with Crippen molar-refractivity contribution in [3.8, 4) is 0 Å². The normalized spacial score (nSPS) is 11.5. The fourth-order valence-corrected chi connectivity index (χ4v) is 4.73. The molecule has 1 amide bonds. The van der Waals surface area contributed by atoms with Gasteiger partial charge in [0.25, 0.3) is 0 Å². The molecule has 31 heavy (non-hydrogen) atoms. The first kappa shape index (κ1) is 23.5. The third-order valence-electron chi connectivity index (χ3n) is 4.69. The molecule has 0 aliphatic rings. The van der Waals surface area contributed by atoms with Crippen molar-refractivity contribution in [2.24, 2.45) is 0 Å². The van der Waals surface area contributed by atoms with E-state index in [0.29, 0.717) is 10.7 Å². The summed E-state index contributed by atoms with van der Waals surface area (Å²) in [6, 6.07) is 20.7. The van der Waals surface area contributed by atoms with Crippen LogP contribution in [0.4, 0.5) is 5.69 Å². The van der Waals surface area contributed by atoms with Crippen LogP contribution in [0.1, 0.15) is 18.1 Å². The van der Waals surface area contributed by atoms with Crippen molar-refractivity contribution in [3.63, 3.8) is 0 Å². The van der Waals surface area contributed by atoms with Gasteiger partial charge in [0.1, 0.15) is 0 Å². The fourth-order valence-electron chi connectivity index (χ4n) is 2.96. The Balaban J connectivity index is 1.84. The molecule has 0 aliphatic heterocycles. The summed E-state index contributed by atoms with van der Waals surface area (Å²) in [5.74, 6) is -0.418. The second kappa shape index (κ2) is 10.4. The molecule has 3 aromatic rings. The lowest BCUT2D eigenvalue weighted by Gasteiger charge is -2.22. The summed E-state index contributed by atoms with van der Waals surface area (Å²) in [4.78, 5) is 12.8. The summed E-state index contributed by atoms with van der Waals surface area (Å²) in [6.45, 7) is 1.77. The average molecular weight is 522 g/mol. The van der Waals surface area contributed by atoms with Gasteiger partial charge in [-0.2, -0.15) is 4.31 Å². The zero-order valence-electron chi connectivity index (χ0n) is 16.9. The van der Waals surface area contributed by atoms with Gasteiger partial charge in [-0.25, -0.2) is 8.42 Å². The van der Waals surface area contributed by atoms with Crippen LogP contribution in [0.15, 0.2) is 82.2 Å². The van der Waals surface area contributed by atoms with Crippen molar-refractivity contribution in [1.29, 1.82) is 0 Å². The molecule has 0 aliphatic carbocycles. The van der Waals surface area contributed by atoms with Gasteiger partial charge >= 0.3 is 0 Å². The summed E-state index contributed by atoms with van der Waals surface area (Å²) in [7, 11) is -3.91. The van der Waals surface area contributed by atoms with Gasteiger partial charge in [0.15, 0.2) is 0 Å². The van der Waals surface area contributed by atoms with Crippen molar-refractivity contribution < 1.29 is 13.2 Å². The molecule has 5 nitrogen and oxygen atoms in total. The number of hydrogen-bond acceptors (Lipinski definition) is 3. The van der Waals surface area contributed by atoms with Gasteiger partial charge in [0, 0.05) is 21.7 Å². The lowest BCUT2D eigenvalue weighted by molar-refractivity contribution is -0.116. The number of carbonyl (C=O) groups excluding carboxylic acids is 1. The topological polar surface area (TPSA) is 66.5 Å². The number of benzene rings is 3. The van der Waals surface area contributed by atoms with Crippen molar-refractivity contribution in [3.05, 3.63) is 93.4 Å². The number of carbonyl (C=O) groups is 1. The molecule has 3 aromatic carbocycles. The molecule has 0 bridgehead atoms. The van der Waals surface area contributed by atoms with Gasteiger partial charge in [0.05, 0.1) is 11.4 Å². The molecule has 0 aromatic heterocycles. The number of nitrogens with one attached hydrogen (secondary N) is 1. The van der Waals surface area contributed by atoms with Crippen LogP contribution in [-0.2, 0) is 27.8 Å². The van der Waals surface area contributed by atoms with E-state index in [4.69, 9.17) is 11.6 Å². The highest BCUT2D eigenvalue weighted by Crippen LogP contribution is 2.22. The van der Waals surface area contributed by atoms with Crippen LogP contribution in [0.3, 0.4) is 0 Å². The molecule has 1 N–H and O–H groups in total. The molecule has 0 atom stereocenters. The highest BCUT2D eigenvalue weighted by atomic mass is 79.9. The Kier molecular flexibility index (Phi) is 7.89. The highest BCUT2D eigenvalue weighted by molar-refractivity contribution is 9.10. The summed E-state index contributed by atoms with van der Waals surface area (Å²) in [5, 5.41) is 3.33. The number of hydrogen-bond donors (Lipinski definition) is 1. The lowest BCUT2D eigenvalue weighted by atomic mass is 10.1. The van der Waals surface area contributed by atoms with Crippen LogP contribution in [-0.4, -0.2) is 25.2 Å². The summed E-state index contributed by atoms with van der Waals surface area (Å²) < 4.78 is 28.5. The number of halogens is 2. The van der Waals surface area contributed by atoms with Crippen LogP contribution >= 0.6 is 27.5 Å². The highest BCUT2D eigenvalue weighted by Gasteiger charge is 2.27. The van der Waals surface area contributed by atoms with E-state index in [-0.39, 0.29) is 18.0 Å². The van der Waals surface area contributed by atoms with Gasteiger partial charge in [-0.3, -0.25) is 4.79 Å². The molecule has 0 fully saturated rings. The lowest BCUT2D eigenvalue weighted by Crippen LogP contribution is -2.37. The monoisotopic (exact) mass is 520 g/mol. The van der Waals surface area contributed by atoms with E-state index < -0.39 is 15.9 Å². The van der Waals surface area contributed by atoms with Gasteiger partial charge in [-0.15, -0.1) is 0 Å². The number of rotatable bonds is 8. The van der Waals surface area contributed by atoms with E-state index in [1.807, 2.05) is 24.3 Å². The van der Waals surface area contributed by atoms with E-state index in [2.05, 4.69) is 28.2 Å². The Hall–Kier alpha value is -2.19. The number of amides is 1. The number of aryl methyl sites for hydroxylation is 1. The fraction of sp³-hybridized carbons (Fsp3) is 0.174. The Labute approximate surface area is 196 Å². The van der Waals surface area contributed by atoms with Gasteiger partial charge in [-0.05, 0) is 66.1 Å². The minimum atomic E-state index is -3.91. The molecule has 0 unspecified atom stereocenters. The molecule has 0 saturated carbocycles. The predicted octanol–water partition coefficient (Wildman–Crippen LogP) is 5.49. The molecule has 0 heterocycles. The zero-order chi connectivity index (χ0) is 22.4. The quantitative estimate of drug-likeness (QED) is 0.426. The largest absolute Gasteiger partial charge is 0.325 e. The summed E-state index contributed by atoms with van der Waals surface area (Å²) in [5.41, 5.74) is 2.50. The minimum absolute atomic E-state index is 0.0394. The Morgan fingerprint density at radius 2 is 1.52 bits per heavy atom. The maximum absolute atomic E-state index is 13.3. The maximum Gasteiger partial charge on any atom is 0.243 e. The third kappa shape index (κ3) is 6.40. The number of anilines is 1. The van der Waals surface area contributed by atoms with Gasteiger partial charge < -0.3 is 5.32 Å². The second-order valence-corrected chi connectivity index (χ2v) is 10.2. The third-order valence-corrected chi connectivity index (χ3v) is 7.28. The van der Waals surface area contributed by atoms with Crippen LogP contribution in [0.25, 0.3) is 0 Å². The van der Waals surface area contributed by atoms with Gasteiger partial charge in [-0.1, -0.05) is 58.7 Å².